The highest BCUT2D eigenvalue weighted by molar-refractivity contribution is 9.11. The maximum atomic E-state index is 5.73. The summed E-state index contributed by atoms with van der Waals surface area (Å²) in [5.74, 6) is 0.786. The Morgan fingerprint density at radius 1 is 1.14 bits per heavy atom. The van der Waals surface area contributed by atoms with E-state index in [1.807, 2.05) is 45.3 Å². The minimum atomic E-state index is 0.0417. The Balaban J connectivity index is 2.39. The van der Waals surface area contributed by atoms with Gasteiger partial charge in [-0.3, -0.25) is 4.98 Å². The first-order chi connectivity index (χ1) is 10.0. The molecule has 1 heterocycles. The molecule has 2 aromatic rings. The fraction of sp³-hybridized carbons (Fsp3) is 0.312. The summed E-state index contributed by atoms with van der Waals surface area (Å²) in [6.07, 6.45) is 3.74. The number of benzene rings is 1. The van der Waals surface area contributed by atoms with Gasteiger partial charge in [0.05, 0.1) is 18.3 Å². The molecule has 1 aromatic heterocycles. The number of pyridine rings is 1. The zero-order chi connectivity index (χ0) is 15.4. The lowest BCUT2D eigenvalue weighted by Crippen LogP contribution is -2.18. The minimum absolute atomic E-state index is 0.0417. The van der Waals surface area contributed by atoms with Crippen molar-refractivity contribution in [3.8, 4) is 5.75 Å². The van der Waals surface area contributed by atoms with Crippen molar-refractivity contribution in [3.05, 3.63) is 56.7 Å². The number of aromatic nitrogens is 1. The van der Waals surface area contributed by atoms with Crippen LogP contribution in [-0.4, -0.2) is 18.1 Å². The Morgan fingerprint density at radius 3 is 2.57 bits per heavy atom. The minimum Gasteiger partial charge on any atom is -0.489 e. The van der Waals surface area contributed by atoms with Gasteiger partial charge in [0.1, 0.15) is 5.75 Å². The van der Waals surface area contributed by atoms with E-state index in [4.69, 9.17) is 4.74 Å². The third-order valence-electron chi connectivity index (χ3n) is 3.00. The molecule has 1 N–H and O–H groups in total. The Bertz CT molecular complexity index is 617. The molecule has 5 heteroatoms. The monoisotopic (exact) mass is 412 g/mol. The Kier molecular flexibility index (Phi) is 5.79. The van der Waals surface area contributed by atoms with Gasteiger partial charge in [-0.15, -0.1) is 0 Å². The van der Waals surface area contributed by atoms with E-state index in [0.29, 0.717) is 0 Å². The van der Waals surface area contributed by atoms with Crippen molar-refractivity contribution in [1.82, 2.24) is 10.3 Å². The van der Waals surface area contributed by atoms with E-state index in [9.17, 15) is 0 Å². The van der Waals surface area contributed by atoms with Crippen LogP contribution in [0.4, 0.5) is 0 Å². The molecule has 2 rings (SSSR count). The van der Waals surface area contributed by atoms with Gasteiger partial charge in [-0.25, -0.2) is 0 Å². The molecule has 1 aromatic carbocycles. The van der Waals surface area contributed by atoms with E-state index in [1.165, 1.54) is 0 Å². The first kappa shape index (κ1) is 16.5. The molecule has 0 aliphatic carbocycles. The van der Waals surface area contributed by atoms with Gasteiger partial charge in [0.15, 0.2) is 0 Å². The van der Waals surface area contributed by atoms with Gasteiger partial charge < -0.3 is 10.1 Å². The van der Waals surface area contributed by atoms with E-state index in [0.717, 1.165) is 25.8 Å². The van der Waals surface area contributed by atoms with Gasteiger partial charge in [-0.05, 0) is 56.3 Å². The van der Waals surface area contributed by atoms with E-state index in [1.54, 1.807) is 6.20 Å². The van der Waals surface area contributed by atoms with Crippen LogP contribution in [-0.2, 0) is 0 Å². The number of halogens is 2. The molecule has 0 aliphatic heterocycles. The highest BCUT2D eigenvalue weighted by atomic mass is 79.9. The summed E-state index contributed by atoms with van der Waals surface area (Å²) in [5.41, 5.74) is 2.21. The molecular weight excluding hydrogens is 396 g/mol. The second-order valence-corrected chi connectivity index (χ2v) is 6.78. The summed E-state index contributed by atoms with van der Waals surface area (Å²) in [6.45, 7) is 4.01. The second kappa shape index (κ2) is 7.38. The van der Waals surface area contributed by atoms with E-state index < -0.39 is 0 Å². The zero-order valence-electron chi connectivity index (χ0n) is 12.2. The van der Waals surface area contributed by atoms with Crippen LogP contribution in [0.1, 0.15) is 31.0 Å². The molecule has 21 heavy (non-hydrogen) atoms. The summed E-state index contributed by atoms with van der Waals surface area (Å²) >= 11 is 7.14. The number of nitrogens with zero attached hydrogens (tertiary/aromatic N) is 1. The van der Waals surface area contributed by atoms with Crippen molar-refractivity contribution in [2.75, 3.05) is 7.05 Å². The third-order valence-corrected chi connectivity index (χ3v) is 4.21. The molecule has 0 spiro atoms. The van der Waals surface area contributed by atoms with Crippen molar-refractivity contribution in [2.45, 2.75) is 26.0 Å². The number of ether oxygens (including phenoxy) is 1. The molecule has 0 fully saturated rings. The maximum Gasteiger partial charge on any atom is 0.138 e. The summed E-state index contributed by atoms with van der Waals surface area (Å²) in [7, 11) is 1.94. The van der Waals surface area contributed by atoms with E-state index in [-0.39, 0.29) is 12.1 Å². The number of hydrogen-bond donors (Lipinski definition) is 1. The Morgan fingerprint density at radius 2 is 1.90 bits per heavy atom. The smallest absolute Gasteiger partial charge is 0.138 e. The molecular formula is C16H18Br2N2O. The first-order valence-electron chi connectivity index (χ1n) is 6.75. The summed E-state index contributed by atoms with van der Waals surface area (Å²) in [6, 6.07) is 8.21. The van der Waals surface area contributed by atoms with Gasteiger partial charge in [0.2, 0.25) is 0 Å². The van der Waals surface area contributed by atoms with E-state index in [2.05, 4.69) is 48.2 Å². The lowest BCUT2D eigenvalue weighted by atomic mass is 10.0. The lowest BCUT2D eigenvalue weighted by molar-refractivity contribution is 0.241. The van der Waals surface area contributed by atoms with Crippen LogP contribution in [0.5, 0.6) is 5.75 Å². The van der Waals surface area contributed by atoms with Crippen LogP contribution < -0.4 is 10.1 Å². The normalized spacial score (nSPS) is 12.5. The summed E-state index contributed by atoms with van der Waals surface area (Å²) in [4.78, 5) is 4.29. The van der Waals surface area contributed by atoms with Crippen molar-refractivity contribution < 1.29 is 4.74 Å². The highest BCUT2D eigenvalue weighted by Crippen LogP contribution is 2.31. The van der Waals surface area contributed by atoms with Crippen LogP contribution in [0.2, 0.25) is 0 Å². The SMILES string of the molecule is CNC(c1cncc(OC(C)C)c1)c1cc(Br)ccc1Br. The molecule has 0 radical (unpaired) electrons. The molecule has 0 aliphatic rings. The molecule has 1 unspecified atom stereocenters. The summed E-state index contributed by atoms with van der Waals surface area (Å²) in [5, 5.41) is 3.34. The quantitative estimate of drug-likeness (QED) is 0.771. The van der Waals surface area contributed by atoms with Crippen LogP contribution in [0.25, 0.3) is 0 Å². The molecule has 0 saturated heterocycles. The van der Waals surface area contributed by atoms with Crippen molar-refractivity contribution in [1.29, 1.82) is 0 Å². The lowest BCUT2D eigenvalue weighted by Gasteiger charge is -2.20. The fourth-order valence-electron chi connectivity index (χ4n) is 2.17. The first-order valence-corrected chi connectivity index (χ1v) is 8.33. The highest BCUT2D eigenvalue weighted by Gasteiger charge is 2.16. The molecule has 3 nitrogen and oxygen atoms in total. The van der Waals surface area contributed by atoms with Crippen molar-refractivity contribution in [2.24, 2.45) is 0 Å². The van der Waals surface area contributed by atoms with Gasteiger partial charge in [-0.2, -0.15) is 0 Å². The number of rotatable bonds is 5. The average molecular weight is 414 g/mol. The topological polar surface area (TPSA) is 34.2 Å². The average Bonchev–Trinajstić information content (AvgIpc) is 2.43. The van der Waals surface area contributed by atoms with Gasteiger partial charge in [-0.1, -0.05) is 31.9 Å². The number of hydrogen-bond acceptors (Lipinski definition) is 3. The fourth-order valence-corrected chi connectivity index (χ4v) is 3.02. The molecule has 1 atom stereocenters. The summed E-state index contributed by atoms with van der Waals surface area (Å²) < 4.78 is 7.83. The predicted molar refractivity (Wildman–Crippen MR) is 92.7 cm³/mol. The van der Waals surface area contributed by atoms with Crippen LogP contribution in [0.3, 0.4) is 0 Å². The molecule has 112 valence electrons. The Labute approximate surface area is 142 Å². The molecule has 0 saturated carbocycles. The molecule has 0 amide bonds. The van der Waals surface area contributed by atoms with Crippen LogP contribution >= 0.6 is 31.9 Å². The Hall–Kier alpha value is -0.910. The van der Waals surface area contributed by atoms with Gasteiger partial charge >= 0.3 is 0 Å². The van der Waals surface area contributed by atoms with E-state index >= 15 is 0 Å². The number of nitrogens with one attached hydrogen (secondary N) is 1. The zero-order valence-corrected chi connectivity index (χ0v) is 15.4. The van der Waals surface area contributed by atoms with Crippen molar-refractivity contribution >= 4 is 31.9 Å². The van der Waals surface area contributed by atoms with Crippen molar-refractivity contribution in [3.63, 3.8) is 0 Å². The van der Waals surface area contributed by atoms with Gasteiger partial charge in [0.25, 0.3) is 0 Å². The third kappa shape index (κ3) is 4.28. The van der Waals surface area contributed by atoms with Crippen LogP contribution in [0, 0.1) is 0 Å². The van der Waals surface area contributed by atoms with Crippen LogP contribution in [0.15, 0.2) is 45.6 Å². The predicted octanol–water partition coefficient (Wildman–Crippen LogP) is 4.70. The van der Waals surface area contributed by atoms with Gasteiger partial charge in [0, 0.05) is 15.1 Å². The molecule has 0 bridgehead atoms. The second-order valence-electron chi connectivity index (χ2n) is 5.01. The largest absolute Gasteiger partial charge is 0.489 e. The maximum absolute atomic E-state index is 5.73. The standard InChI is InChI=1S/C16H18Br2N2O/c1-10(2)21-13-6-11(8-20-9-13)16(19-3)14-7-12(17)4-5-15(14)18/h4-10,16,19H,1-3H3.